The SMILES string of the molecule is CCOCCCN1C(=O)C(Nc2cc(Cl)ccc2C)=C(c2ccc(OC(C)C)cc2)C1=O. The summed E-state index contributed by atoms with van der Waals surface area (Å²) in [5.74, 6) is 0.0180. The van der Waals surface area contributed by atoms with Crippen LogP contribution in [0.2, 0.25) is 5.02 Å². The van der Waals surface area contributed by atoms with Crippen molar-refractivity contribution in [2.75, 3.05) is 25.1 Å². The van der Waals surface area contributed by atoms with E-state index in [-0.39, 0.29) is 30.2 Å². The first-order valence-corrected chi connectivity index (χ1v) is 11.2. The van der Waals surface area contributed by atoms with Gasteiger partial charge in [0.05, 0.1) is 11.7 Å². The van der Waals surface area contributed by atoms with E-state index in [9.17, 15) is 9.59 Å². The fourth-order valence-electron chi connectivity index (χ4n) is 3.47. The molecule has 0 saturated carbocycles. The Morgan fingerprint density at radius 2 is 1.78 bits per heavy atom. The molecule has 0 atom stereocenters. The number of nitrogens with zero attached hydrogens (tertiary/aromatic N) is 1. The van der Waals surface area contributed by atoms with Gasteiger partial charge in [-0.05, 0) is 69.5 Å². The lowest BCUT2D eigenvalue weighted by Gasteiger charge is -2.15. The van der Waals surface area contributed by atoms with Gasteiger partial charge < -0.3 is 14.8 Å². The fourth-order valence-corrected chi connectivity index (χ4v) is 3.64. The van der Waals surface area contributed by atoms with Crippen molar-refractivity contribution in [3.8, 4) is 5.75 Å². The van der Waals surface area contributed by atoms with Crippen molar-refractivity contribution in [1.82, 2.24) is 4.90 Å². The molecule has 3 rings (SSSR count). The minimum Gasteiger partial charge on any atom is -0.491 e. The van der Waals surface area contributed by atoms with E-state index >= 15 is 0 Å². The van der Waals surface area contributed by atoms with Crippen molar-refractivity contribution in [1.29, 1.82) is 0 Å². The van der Waals surface area contributed by atoms with E-state index in [1.165, 1.54) is 4.90 Å². The zero-order valence-corrected chi connectivity index (χ0v) is 19.7. The number of hydrogen-bond donors (Lipinski definition) is 1. The van der Waals surface area contributed by atoms with E-state index in [0.717, 1.165) is 5.56 Å². The van der Waals surface area contributed by atoms with E-state index < -0.39 is 0 Å². The Balaban J connectivity index is 1.96. The van der Waals surface area contributed by atoms with Crippen LogP contribution in [0.15, 0.2) is 48.2 Å². The van der Waals surface area contributed by atoms with Gasteiger partial charge in [-0.1, -0.05) is 29.8 Å². The molecule has 0 aromatic heterocycles. The number of rotatable bonds is 10. The summed E-state index contributed by atoms with van der Waals surface area (Å²) in [5.41, 5.74) is 2.82. The monoisotopic (exact) mass is 456 g/mol. The molecular formula is C25H29ClN2O4. The van der Waals surface area contributed by atoms with Gasteiger partial charge in [-0.25, -0.2) is 0 Å². The van der Waals surface area contributed by atoms with Crippen molar-refractivity contribution < 1.29 is 19.1 Å². The minimum atomic E-state index is -0.358. The van der Waals surface area contributed by atoms with Gasteiger partial charge in [0.25, 0.3) is 11.8 Å². The predicted molar refractivity (Wildman–Crippen MR) is 127 cm³/mol. The smallest absolute Gasteiger partial charge is 0.278 e. The highest BCUT2D eigenvalue weighted by Gasteiger charge is 2.39. The highest BCUT2D eigenvalue weighted by Crippen LogP contribution is 2.33. The van der Waals surface area contributed by atoms with Gasteiger partial charge in [-0.15, -0.1) is 0 Å². The summed E-state index contributed by atoms with van der Waals surface area (Å²) >= 11 is 6.16. The van der Waals surface area contributed by atoms with Crippen LogP contribution in [0.4, 0.5) is 5.69 Å². The summed E-state index contributed by atoms with van der Waals surface area (Å²) in [6.07, 6.45) is 0.613. The molecule has 0 fully saturated rings. The van der Waals surface area contributed by atoms with Gasteiger partial charge in [-0.3, -0.25) is 14.5 Å². The predicted octanol–water partition coefficient (Wildman–Crippen LogP) is 5.05. The number of ether oxygens (including phenoxy) is 2. The quantitative estimate of drug-likeness (QED) is 0.400. The standard InChI is InChI=1S/C25H29ClN2O4/c1-5-31-14-6-13-28-24(29)22(18-8-11-20(12-9-18)32-16(2)3)23(25(28)30)27-21-15-19(26)10-7-17(21)4/h7-12,15-16,27H,5-6,13-14H2,1-4H3. The molecule has 1 aliphatic rings. The molecule has 0 bridgehead atoms. The third-order valence-electron chi connectivity index (χ3n) is 5.02. The van der Waals surface area contributed by atoms with Crippen LogP contribution in [-0.4, -0.2) is 42.6 Å². The number of carbonyl (C=O) groups is 2. The fraction of sp³-hybridized carbons (Fsp3) is 0.360. The first kappa shape index (κ1) is 23.8. The largest absolute Gasteiger partial charge is 0.491 e. The number of benzene rings is 2. The Kier molecular flexibility index (Phi) is 7.94. The van der Waals surface area contributed by atoms with Crippen LogP contribution >= 0.6 is 11.6 Å². The summed E-state index contributed by atoms with van der Waals surface area (Å²) in [5, 5.41) is 3.72. The van der Waals surface area contributed by atoms with Crippen molar-refractivity contribution in [3.63, 3.8) is 0 Å². The molecule has 0 saturated heterocycles. The number of imide groups is 1. The number of nitrogens with one attached hydrogen (secondary N) is 1. The number of halogens is 1. The maximum absolute atomic E-state index is 13.3. The molecule has 0 spiro atoms. The second-order valence-corrected chi connectivity index (χ2v) is 8.27. The molecule has 6 nitrogen and oxygen atoms in total. The molecule has 1 heterocycles. The molecule has 0 radical (unpaired) electrons. The average Bonchev–Trinajstić information content (AvgIpc) is 2.98. The topological polar surface area (TPSA) is 67.9 Å². The van der Waals surface area contributed by atoms with Crippen molar-refractivity contribution in [2.45, 2.75) is 40.2 Å². The first-order valence-electron chi connectivity index (χ1n) is 10.8. The molecule has 1 N–H and O–H groups in total. The highest BCUT2D eigenvalue weighted by molar-refractivity contribution is 6.36. The van der Waals surface area contributed by atoms with E-state index in [2.05, 4.69) is 5.32 Å². The molecule has 2 aromatic carbocycles. The number of aryl methyl sites for hydroxylation is 1. The third-order valence-corrected chi connectivity index (χ3v) is 5.25. The maximum atomic E-state index is 13.3. The third kappa shape index (κ3) is 5.50. The van der Waals surface area contributed by atoms with Gasteiger partial charge in [0.1, 0.15) is 11.4 Å². The van der Waals surface area contributed by atoms with Crippen LogP contribution in [0.1, 0.15) is 38.3 Å². The number of hydrogen-bond acceptors (Lipinski definition) is 5. The van der Waals surface area contributed by atoms with Gasteiger partial charge in [-0.2, -0.15) is 0 Å². The molecular weight excluding hydrogens is 428 g/mol. The normalized spacial score (nSPS) is 14.0. The summed E-state index contributed by atoms with van der Waals surface area (Å²) in [4.78, 5) is 27.8. The lowest BCUT2D eigenvalue weighted by molar-refractivity contribution is -0.137. The van der Waals surface area contributed by atoms with Crippen LogP contribution < -0.4 is 10.1 Å². The van der Waals surface area contributed by atoms with Crippen molar-refractivity contribution in [2.24, 2.45) is 0 Å². The van der Waals surface area contributed by atoms with Crippen LogP contribution in [0.3, 0.4) is 0 Å². The van der Waals surface area contributed by atoms with Gasteiger partial charge in [0, 0.05) is 30.5 Å². The van der Waals surface area contributed by atoms with Crippen LogP contribution in [0.25, 0.3) is 5.57 Å². The Labute approximate surface area is 194 Å². The van der Waals surface area contributed by atoms with Crippen molar-refractivity contribution in [3.05, 3.63) is 64.3 Å². The van der Waals surface area contributed by atoms with E-state index in [0.29, 0.717) is 47.2 Å². The second-order valence-electron chi connectivity index (χ2n) is 7.84. The van der Waals surface area contributed by atoms with Crippen molar-refractivity contribution >= 4 is 34.7 Å². The summed E-state index contributed by atoms with van der Waals surface area (Å²) in [7, 11) is 0. The number of amides is 2. The Morgan fingerprint density at radius 1 is 1.06 bits per heavy atom. The van der Waals surface area contributed by atoms with E-state index in [1.807, 2.05) is 33.8 Å². The summed E-state index contributed by atoms with van der Waals surface area (Å²) in [6.45, 7) is 9.09. The van der Waals surface area contributed by atoms with Gasteiger partial charge in [0.2, 0.25) is 0 Å². The Bertz CT molecular complexity index is 1020. The molecule has 7 heteroatoms. The molecule has 2 amide bonds. The van der Waals surface area contributed by atoms with Crippen LogP contribution in [-0.2, 0) is 14.3 Å². The lowest BCUT2D eigenvalue weighted by Crippen LogP contribution is -2.34. The van der Waals surface area contributed by atoms with Gasteiger partial charge in [0.15, 0.2) is 0 Å². The number of carbonyl (C=O) groups excluding carboxylic acids is 2. The zero-order valence-electron chi connectivity index (χ0n) is 18.9. The highest BCUT2D eigenvalue weighted by atomic mass is 35.5. The Hall–Kier alpha value is -2.83. The molecule has 170 valence electrons. The van der Waals surface area contributed by atoms with E-state index in [1.54, 1.807) is 36.4 Å². The lowest BCUT2D eigenvalue weighted by atomic mass is 10.0. The molecule has 0 aliphatic carbocycles. The zero-order chi connectivity index (χ0) is 23.3. The molecule has 0 unspecified atom stereocenters. The minimum absolute atomic E-state index is 0.0404. The van der Waals surface area contributed by atoms with Crippen LogP contribution in [0, 0.1) is 6.92 Å². The average molecular weight is 457 g/mol. The second kappa shape index (κ2) is 10.7. The summed E-state index contributed by atoms with van der Waals surface area (Å²) < 4.78 is 11.1. The van der Waals surface area contributed by atoms with Crippen LogP contribution in [0.5, 0.6) is 5.75 Å². The molecule has 2 aromatic rings. The Morgan fingerprint density at radius 3 is 2.44 bits per heavy atom. The van der Waals surface area contributed by atoms with E-state index in [4.69, 9.17) is 21.1 Å². The van der Waals surface area contributed by atoms with Gasteiger partial charge >= 0.3 is 0 Å². The first-order chi connectivity index (χ1) is 15.3. The molecule has 32 heavy (non-hydrogen) atoms. The molecule has 1 aliphatic heterocycles. The summed E-state index contributed by atoms with van der Waals surface area (Å²) in [6, 6.07) is 12.6. The number of anilines is 1. The maximum Gasteiger partial charge on any atom is 0.278 e.